The Labute approximate surface area is 180 Å². The van der Waals surface area contributed by atoms with Gasteiger partial charge in [0.25, 0.3) is 0 Å². The number of hydrogen-bond acceptors (Lipinski definition) is 5. The molecule has 1 heterocycles. The fourth-order valence-corrected chi connectivity index (χ4v) is 6.79. The minimum atomic E-state index is -1.84. The van der Waals surface area contributed by atoms with Crippen LogP contribution < -0.4 is 0 Å². The van der Waals surface area contributed by atoms with Crippen molar-refractivity contribution in [1.82, 2.24) is 0 Å². The summed E-state index contributed by atoms with van der Waals surface area (Å²) in [7, 11) is 0. The molecule has 5 nitrogen and oxygen atoms in total. The molecule has 4 aliphatic rings. The Kier molecular flexibility index (Phi) is 3.75. The number of rotatable bonds is 0. The van der Waals surface area contributed by atoms with Gasteiger partial charge in [0.05, 0.1) is 6.10 Å². The lowest BCUT2D eigenvalue weighted by Crippen LogP contribution is -2.65. The average molecular weight is 418 g/mol. The molecular weight excluding hydrogens is 392 g/mol. The van der Waals surface area contributed by atoms with Crippen LogP contribution in [0.4, 0.5) is 0 Å². The van der Waals surface area contributed by atoms with Gasteiger partial charge in [0, 0.05) is 37.2 Å². The SMILES string of the molecule is CC1CC(=O)C2=C(C1)O[C@@]1(O)CC(C)CC(=O)[C@]13[C@@H](O)c1cc4ccccc4cc1[C@H]23. The van der Waals surface area contributed by atoms with Crippen LogP contribution in [0.1, 0.15) is 62.7 Å². The highest BCUT2D eigenvalue weighted by Gasteiger charge is 2.75. The van der Waals surface area contributed by atoms with Crippen molar-refractivity contribution < 1.29 is 24.5 Å². The normalized spacial score (nSPS) is 39.0. The molecule has 0 aromatic heterocycles. The van der Waals surface area contributed by atoms with Gasteiger partial charge in [0.2, 0.25) is 5.79 Å². The number of aliphatic hydroxyl groups excluding tert-OH is 1. The fourth-order valence-electron chi connectivity index (χ4n) is 6.79. The molecule has 1 fully saturated rings. The Balaban J connectivity index is 1.70. The average Bonchev–Trinajstić information content (AvgIpc) is 2.94. The summed E-state index contributed by atoms with van der Waals surface area (Å²) < 4.78 is 6.20. The maximum absolute atomic E-state index is 13.7. The molecule has 1 saturated carbocycles. The van der Waals surface area contributed by atoms with Gasteiger partial charge in [-0.2, -0.15) is 0 Å². The molecule has 0 saturated heterocycles. The number of benzene rings is 2. The third kappa shape index (κ3) is 2.23. The van der Waals surface area contributed by atoms with Gasteiger partial charge in [0.15, 0.2) is 5.78 Å². The van der Waals surface area contributed by atoms with Gasteiger partial charge in [-0.3, -0.25) is 9.59 Å². The van der Waals surface area contributed by atoms with E-state index in [2.05, 4.69) is 0 Å². The first kappa shape index (κ1) is 19.2. The van der Waals surface area contributed by atoms with Gasteiger partial charge in [-0.15, -0.1) is 0 Å². The molecule has 1 spiro atoms. The zero-order valence-electron chi connectivity index (χ0n) is 17.7. The number of allylic oxidation sites excluding steroid dienone is 2. The van der Waals surface area contributed by atoms with Gasteiger partial charge in [-0.1, -0.05) is 44.2 Å². The summed E-state index contributed by atoms with van der Waals surface area (Å²) in [5.74, 6) is -2.24. The highest BCUT2D eigenvalue weighted by atomic mass is 16.6. The number of Topliss-reactive ketones (excluding diaryl/α,β-unsaturated/α-hetero) is 2. The summed E-state index contributed by atoms with van der Waals surface area (Å²) in [6.45, 7) is 3.92. The van der Waals surface area contributed by atoms with Crippen LogP contribution in [0.5, 0.6) is 0 Å². The van der Waals surface area contributed by atoms with Crippen molar-refractivity contribution in [2.75, 3.05) is 0 Å². The molecule has 0 bridgehead atoms. The van der Waals surface area contributed by atoms with Crippen molar-refractivity contribution >= 4 is 22.3 Å². The van der Waals surface area contributed by atoms with Crippen molar-refractivity contribution in [2.45, 2.75) is 57.3 Å². The monoisotopic (exact) mass is 418 g/mol. The molecule has 1 aliphatic heterocycles. The van der Waals surface area contributed by atoms with Gasteiger partial charge < -0.3 is 14.9 Å². The van der Waals surface area contributed by atoms with Crippen LogP contribution in [0.15, 0.2) is 47.7 Å². The lowest BCUT2D eigenvalue weighted by molar-refractivity contribution is -0.297. The summed E-state index contributed by atoms with van der Waals surface area (Å²) in [6.07, 6.45) is 0.205. The lowest BCUT2D eigenvalue weighted by Gasteiger charge is -2.56. The Morgan fingerprint density at radius 3 is 2.35 bits per heavy atom. The topological polar surface area (TPSA) is 83.8 Å². The van der Waals surface area contributed by atoms with Crippen molar-refractivity contribution in [3.63, 3.8) is 0 Å². The quantitative estimate of drug-likeness (QED) is 0.677. The van der Waals surface area contributed by atoms with E-state index in [9.17, 15) is 19.8 Å². The maximum atomic E-state index is 13.7. The molecule has 2 aromatic rings. The molecule has 160 valence electrons. The highest BCUT2D eigenvalue weighted by molar-refractivity contribution is 6.03. The Morgan fingerprint density at radius 2 is 1.65 bits per heavy atom. The molecule has 2 unspecified atom stereocenters. The van der Waals surface area contributed by atoms with Crippen LogP contribution in [0.2, 0.25) is 0 Å². The predicted molar refractivity (Wildman–Crippen MR) is 114 cm³/mol. The summed E-state index contributed by atoms with van der Waals surface area (Å²) in [6, 6.07) is 11.7. The van der Waals surface area contributed by atoms with Gasteiger partial charge in [-0.25, -0.2) is 0 Å². The number of ketones is 2. The van der Waals surface area contributed by atoms with Crippen molar-refractivity contribution in [3.8, 4) is 0 Å². The Hall–Kier alpha value is -2.50. The van der Waals surface area contributed by atoms with Crippen LogP contribution in [0.3, 0.4) is 0 Å². The molecule has 2 aromatic carbocycles. The summed E-state index contributed by atoms with van der Waals surface area (Å²) >= 11 is 0. The number of fused-ring (bicyclic) bond motifs is 4. The first-order valence-electron chi connectivity index (χ1n) is 11.2. The van der Waals surface area contributed by atoms with E-state index in [1.54, 1.807) is 0 Å². The highest BCUT2D eigenvalue weighted by Crippen LogP contribution is 2.70. The first-order chi connectivity index (χ1) is 14.8. The minimum Gasteiger partial charge on any atom is -0.465 e. The van der Waals surface area contributed by atoms with E-state index in [0.29, 0.717) is 29.7 Å². The van der Waals surface area contributed by atoms with E-state index in [-0.39, 0.29) is 36.2 Å². The zero-order chi connectivity index (χ0) is 21.7. The van der Waals surface area contributed by atoms with Gasteiger partial charge >= 0.3 is 0 Å². The van der Waals surface area contributed by atoms with Crippen molar-refractivity contribution in [1.29, 1.82) is 0 Å². The van der Waals surface area contributed by atoms with Crippen LogP contribution in [0.25, 0.3) is 10.8 Å². The molecule has 31 heavy (non-hydrogen) atoms. The predicted octanol–water partition coefficient (Wildman–Crippen LogP) is 3.93. The molecule has 6 atom stereocenters. The second-order valence-corrected chi connectivity index (χ2v) is 10.1. The van der Waals surface area contributed by atoms with Crippen LogP contribution >= 0.6 is 0 Å². The zero-order valence-corrected chi connectivity index (χ0v) is 17.7. The first-order valence-corrected chi connectivity index (χ1v) is 11.2. The second-order valence-electron chi connectivity index (χ2n) is 10.1. The summed E-state index contributed by atoms with van der Waals surface area (Å²) in [4.78, 5) is 27.0. The van der Waals surface area contributed by atoms with Gasteiger partial charge in [0.1, 0.15) is 17.0 Å². The maximum Gasteiger partial charge on any atom is 0.224 e. The third-order valence-electron chi connectivity index (χ3n) is 7.96. The number of aliphatic hydroxyl groups is 2. The number of carbonyl (C=O) groups is 2. The van der Waals surface area contributed by atoms with E-state index in [4.69, 9.17) is 4.74 Å². The third-order valence-corrected chi connectivity index (χ3v) is 7.96. The Morgan fingerprint density at radius 1 is 0.968 bits per heavy atom. The molecule has 2 N–H and O–H groups in total. The number of hydrogen-bond donors (Lipinski definition) is 2. The van der Waals surface area contributed by atoms with E-state index < -0.39 is 23.2 Å². The largest absolute Gasteiger partial charge is 0.465 e. The minimum absolute atomic E-state index is 0.0418. The molecular formula is C26H26O5. The smallest absolute Gasteiger partial charge is 0.224 e. The molecule has 0 amide bonds. The van der Waals surface area contributed by atoms with Crippen LogP contribution in [-0.4, -0.2) is 27.6 Å². The number of carbonyl (C=O) groups excluding carboxylic acids is 2. The Bertz CT molecular complexity index is 1200. The van der Waals surface area contributed by atoms with E-state index >= 15 is 0 Å². The van der Waals surface area contributed by atoms with E-state index in [0.717, 1.165) is 16.3 Å². The van der Waals surface area contributed by atoms with Crippen LogP contribution in [-0.2, 0) is 14.3 Å². The van der Waals surface area contributed by atoms with Crippen molar-refractivity contribution in [3.05, 3.63) is 58.9 Å². The standard InChI is InChI=1S/C26H26O5/c1-13-7-19(27)22-20(8-13)31-25(30)12-14(2)9-21(28)26(25)23(22)17-10-15-5-3-4-6-16(15)11-18(17)24(26)29/h3-6,10-11,13-14,23-24,29-30H,7-9,12H2,1-2H3/t13?,14?,23-,24+,25+,26+/m1/s1. The van der Waals surface area contributed by atoms with Crippen molar-refractivity contribution in [2.24, 2.45) is 17.3 Å². The molecule has 6 rings (SSSR count). The fraction of sp³-hybridized carbons (Fsp3) is 0.462. The molecule has 3 aliphatic carbocycles. The second kappa shape index (κ2) is 6.05. The van der Waals surface area contributed by atoms with E-state index in [1.165, 1.54) is 0 Å². The summed E-state index contributed by atoms with van der Waals surface area (Å²) in [5.41, 5.74) is 0.285. The lowest BCUT2D eigenvalue weighted by atomic mass is 9.54. The van der Waals surface area contributed by atoms with Crippen LogP contribution in [0, 0.1) is 17.3 Å². The van der Waals surface area contributed by atoms with E-state index in [1.807, 2.05) is 50.2 Å². The number of ether oxygens (including phenoxy) is 1. The summed E-state index contributed by atoms with van der Waals surface area (Å²) in [5, 5.41) is 25.5. The molecule has 5 heteroatoms. The van der Waals surface area contributed by atoms with Gasteiger partial charge in [-0.05, 0) is 39.8 Å². The molecule has 0 radical (unpaired) electrons.